The van der Waals surface area contributed by atoms with E-state index in [1.54, 1.807) is 17.5 Å². The number of esters is 1. The number of halogens is 2. The summed E-state index contributed by atoms with van der Waals surface area (Å²) < 4.78 is 31.1. The van der Waals surface area contributed by atoms with Gasteiger partial charge in [-0.15, -0.1) is 11.3 Å². The van der Waals surface area contributed by atoms with Gasteiger partial charge in [0.15, 0.2) is 0 Å². The van der Waals surface area contributed by atoms with E-state index in [4.69, 9.17) is 4.74 Å². The molecule has 0 aliphatic rings. The zero-order valence-corrected chi connectivity index (χ0v) is 12.6. The number of hydrogen-bond acceptors (Lipinski definition) is 4. The van der Waals surface area contributed by atoms with Crippen molar-refractivity contribution in [3.05, 3.63) is 71.2 Å². The summed E-state index contributed by atoms with van der Waals surface area (Å²) in [6.07, 6.45) is -0.0107. The van der Waals surface area contributed by atoms with Crippen molar-refractivity contribution in [1.82, 2.24) is 4.98 Å². The zero-order chi connectivity index (χ0) is 16.2. The Hall–Kier alpha value is -2.60. The van der Waals surface area contributed by atoms with Crippen LogP contribution in [0, 0.1) is 11.6 Å². The molecule has 0 bridgehead atoms. The molecule has 23 heavy (non-hydrogen) atoms. The Balaban J connectivity index is 1.66. The smallest absolute Gasteiger partial charge is 0.317 e. The summed E-state index contributed by atoms with van der Waals surface area (Å²) in [6.45, 7) is 0. The number of nitrogens with zero attached hydrogens (tertiary/aromatic N) is 1. The Morgan fingerprint density at radius 2 is 1.87 bits per heavy atom. The van der Waals surface area contributed by atoms with Crippen LogP contribution in [0.25, 0.3) is 10.6 Å². The number of benzene rings is 2. The molecule has 6 heteroatoms. The quantitative estimate of drug-likeness (QED) is 0.530. The van der Waals surface area contributed by atoms with Crippen LogP contribution in [0.15, 0.2) is 53.9 Å². The standard InChI is InChI=1S/C17H11F2NO2S/c18-12-4-6-15(7-5-12)22-16(21)9-14-10-23-17(20-14)11-2-1-3-13(19)8-11/h1-8,10H,9H2. The third-order valence-electron chi connectivity index (χ3n) is 2.99. The maximum absolute atomic E-state index is 13.2. The fourth-order valence-electron chi connectivity index (χ4n) is 1.96. The summed E-state index contributed by atoms with van der Waals surface area (Å²) in [6, 6.07) is 11.3. The number of ether oxygens (including phenoxy) is 1. The lowest BCUT2D eigenvalue weighted by molar-refractivity contribution is -0.133. The van der Waals surface area contributed by atoms with Gasteiger partial charge in [-0.05, 0) is 36.4 Å². The number of hydrogen-bond donors (Lipinski definition) is 0. The second-order valence-corrected chi connectivity index (χ2v) is 5.62. The highest BCUT2D eigenvalue weighted by atomic mass is 32.1. The van der Waals surface area contributed by atoms with Crippen molar-refractivity contribution in [2.24, 2.45) is 0 Å². The van der Waals surface area contributed by atoms with E-state index in [-0.39, 0.29) is 18.0 Å². The van der Waals surface area contributed by atoms with Gasteiger partial charge < -0.3 is 4.74 Å². The van der Waals surface area contributed by atoms with E-state index < -0.39 is 11.8 Å². The minimum absolute atomic E-state index is 0.0107. The maximum Gasteiger partial charge on any atom is 0.317 e. The van der Waals surface area contributed by atoms with E-state index in [2.05, 4.69) is 4.98 Å². The molecule has 0 saturated carbocycles. The highest BCUT2D eigenvalue weighted by Gasteiger charge is 2.11. The number of aromatic nitrogens is 1. The van der Waals surface area contributed by atoms with E-state index in [0.29, 0.717) is 16.3 Å². The largest absolute Gasteiger partial charge is 0.426 e. The third kappa shape index (κ3) is 3.98. The maximum atomic E-state index is 13.2. The molecule has 2 aromatic carbocycles. The van der Waals surface area contributed by atoms with Crippen LogP contribution in [0.2, 0.25) is 0 Å². The number of thiazole rings is 1. The Kier molecular flexibility index (Phi) is 4.43. The molecule has 0 radical (unpaired) electrons. The Morgan fingerprint density at radius 1 is 1.09 bits per heavy atom. The normalized spacial score (nSPS) is 10.5. The van der Waals surface area contributed by atoms with Gasteiger partial charge in [0.05, 0.1) is 12.1 Å². The van der Waals surface area contributed by atoms with Crippen LogP contribution in [0.4, 0.5) is 8.78 Å². The SMILES string of the molecule is O=C(Cc1csc(-c2cccc(F)c2)n1)Oc1ccc(F)cc1. The molecule has 0 aliphatic heterocycles. The fraction of sp³-hybridized carbons (Fsp3) is 0.0588. The van der Waals surface area contributed by atoms with Crippen molar-refractivity contribution >= 4 is 17.3 Å². The second-order valence-electron chi connectivity index (χ2n) is 4.76. The summed E-state index contributed by atoms with van der Waals surface area (Å²) in [5.74, 6) is -0.955. The molecule has 3 aromatic rings. The Labute approximate surface area is 135 Å². The molecular weight excluding hydrogens is 320 g/mol. The molecule has 1 heterocycles. The van der Waals surface area contributed by atoms with Gasteiger partial charge in [-0.1, -0.05) is 12.1 Å². The van der Waals surface area contributed by atoms with Gasteiger partial charge in [0.2, 0.25) is 0 Å². The molecule has 0 aliphatic carbocycles. The van der Waals surface area contributed by atoms with Crippen LogP contribution in [0.5, 0.6) is 5.75 Å². The topological polar surface area (TPSA) is 39.2 Å². The van der Waals surface area contributed by atoms with Crippen LogP contribution >= 0.6 is 11.3 Å². The van der Waals surface area contributed by atoms with Gasteiger partial charge in [-0.25, -0.2) is 13.8 Å². The lowest BCUT2D eigenvalue weighted by atomic mass is 10.2. The summed E-state index contributed by atoms with van der Waals surface area (Å²) in [5, 5.41) is 2.36. The van der Waals surface area contributed by atoms with E-state index in [0.717, 1.165) is 0 Å². The molecule has 1 aromatic heterocycles. The predicted molar refractivity (Wildman–Crippen MR) is 83.2 cm³/mol. The Bertz CT molecular complexity index is 831. The highest BCUT2D eigenvalue weighted by Crippen LogP contribution is 2.24. The summed E-state index contributed by atoms with van der Waals surface area (Å²) in [7, 11) is 0. The van der Waals surface area contributed by atoms with Crippen molar-refractivity contribution < 1.29 is 18.3 Å². The molecule has 0 spiro atoms. The van der Waals surface area contributed by atoms with E-state index in [1.807, 2.05) is 0 Å². The first kappa shape index (κ1) is 15.3. The minimum Gasteiger partial charge on any atom is -0.426 e. The molecule has 3 rings (SSSR count). The van der Waals surface area contributed by atoms with Gasteiger partial charge >= 0.3 is 5.97 Å². The molecular formula is C17H11F2NO2S. The van der Waals surface area contributed by atoms with Gasteiger partial charge in [-0.3, -0.25) is 4.79 Å². The van der Waals surface area contributed by atoms with Crippen molar-refractivity contribution in [3.8, 4) is 16.3 Å². The molecule has 0 fully saturated rings. The molecule has 0 amide bonds. The molecule has 0 unspecified atom stereocenters. The van der Waals surface area contributed by atoms with Gasteiger partial charge in [0.1, 0.15) is 22.4 Å². The molecule has 3 nitrogen and oxygen atoms in total. The van der Waals surface area contributed by atoms with E-state index in [1.165, 1.54) is 47.7 Å². The average molecular weight is 331 g/mol. The summed E-state index contributed by atoms with van der Waals surface area (Å²) >= 11 is 1.33. The van der Waals surface area contributed by atoms with E-state index in [9.17, 15) is 13.6 Å². The van der Waals surface area contributed by atoms with E-state index >= 15 is 0 Å². The predicted octanol–water partition coefficient (Wildman–Crippen LogP) is 4.24. The number of carbonyl (C=O) groups is 1. The summed E-state index contributed by atoms with van der Waals surface area (Å²) in [4.78, 5) is 16.2. The average Bonchev–Trinajstić information content (AvgIpc) is 2.98. The van der Waals surface area contributed by atoms with Crippen LogP contribution in [-0.2, 0) is 11.2 Å². The minimum atomic E-state index is -0.493. The van der Waals surface area contributed by atoms with Crippen molar-refractivity contribution in [1.29, 1.82) is 0 Å². The number of carbonyl (C=O) groups excluding carboxylic acids is 1. The first-order valence-electron chi connectivity index (χ1n) is 6.77. The first-order valence-corrected chi connectivity index (χ1v) is 7.65. The highest BCUT2D eigenvalue weighted by molar-refractivity contribution is 7.13. The first-order chi connectivity index (χ1) is 11.1. The van der Waals surface area contributed by atoms with Gasteiger partial charge in [-0.2, -0.15) is 0 Å². The van der Waals surface area contributed by atoms with Crippen LogP contribution in [0.3, 0.4) is 0 Å². The molecule has 0 saturated heterocycles. The molecule has 0 atom stereocenters. The Morgan fingerprint density at radius 3 is 2.61 bits per heavy atom. The third-order valence-corrected chi connectivity index (χ3v) is 3.93. The van der Waals surface area contributed by atoms with Crippen LogP contribution < -0.4 is 4.74 Å². The number of rotatable bonds is 4. The van der Waals surface area contributed by atoms with Crippen molar-refractivity contribution in [2.75, 3.05) is 0 Å². The zero-order valence-electron chi connectivity index (χ0n) is 11.8. The second kappa shape index (κ2) is 6.66. The van der Waals surface area contributed by atoms with Crippen LogP contribution in [-0.4, -0.2) is 11.0 Å². The molecule has 0 N–H and O–H groups in total. The van der Waals surface area contributed by atoms with Gasteiger partial charge in [0, 0.05) is 10.9 Å². The van der Waals surface area contributed by atoms with Crippen LogP contribution in [0.1, 0.15) is 5.69 Å². The fourth-order valence-corrected chi connectivity index (χ4v) is 2.78. The molecule has 116 valence electrons. The lowest BCUT2D eigenvalue weighted by Gasteiger charge is -2.02. The van der Waals surface area contributed by atoms with Gasteiger partial charge in [0.25, 0.3) is 0 Å². The van der Waals surface area contributed by atoms with Crippen molar-refractivity contribution in [2.45, 2.75) is 6.42 Å². The lowest BCUT2D eigenvalue weighted by Crippen LogP contribution is -2.11. The van der Waals surface area contributed by atoms with Crippen molar-refractivity contribution in [3.63, 3.8) is 0 Å². The monoisotopic (exact) mass is 331 g/mol. The summed E-state index contributed by atoms with van der Waals surface area (Å²) in [5.41, 5.74) is 1.20.